The second kappa shape index (κ2) is 6.14. The number of benzene rings is 2. The molecule has 8 heteroatoms. The number of nitriles is 1. The highest BCUT2D eigenvalue weighted by atomic mass is 19.4. The average molecular weight is 326 g/mol. The molecule has 0 aliphatic heterocycles. The average Bonchev–Trinajstić information content (AvgIpc) is 2.48. The second-order valence-electron chi connectivity index (χ2n) is 4.56. The van der Waals surface area contributed by atoms with E-state index < -0.39 is 29.7 Å². The number of ether oxygens (including phenoxy) is 1. The van der Waals surface area contributed by atoms with E-state index in [0.717, 1.165) is 24.3 Å². The fourth-order valence-corrected chi connectivity index (χ4v) is 2.04. The van der Waals surface area contributed by atoms with Crippen molar-refractivity contribution in [3.63, 3.8) is 0 Å². The summed E-state index contributed by atoms with van der Waals surface area (Å²) in [7, 11) is 0. The van der Waals surface area contributed by atoms with Crippen LogP contribution in [-0.4, -0.2) is 11.5 Å². The molecule has 3 N–H and O–H groups in total. The summed E-state index contributed by atoms with van der Waals surface area (Å²) >= 11 is 0. The van der Waals surface area contributed by atoms with Crippen molar-refractivity contribution < 1.29 is 27.4 Å². The Labute approximate surface area is 128 Å². The lowest BCUT2D eigenvalue weighted by molar-refractivity contribution is -0.274. The zero-order chi connectivity index (χ0) is 17.2. The van der Waals surface area contributed by atoms with Crippen LogP contribution in [0.1, 0.15) is 22.7 Å². The van der Waals surface area contributed by atoms with Gasteiger partial charge in [-0.1, -0.05) is 12.1 Å². The Balaban J connectivity index is 2.37. The summed E-state index contributed by atoms with van der Waals surface area (Å²) in [4.78, 5) is 0. The third kappa shape index (κ3) is 3.70. The molecule has 120 valence electrons. The zero-order valence-corrected chi connectivity index (χ0v) is 11.4. The lowest BCUT2D eigenvalue weighted by Crippen LogP contribution is -2.17. The normalized spacial score (nSPS) is 12.5. The number of rotatable bonds is 3. The van der Waals surface area contributed by atoms with Crippen molar-refractivity contribution in [1.29, 1.82) is 5.26 Å². The number of alkyl halides is 3. The van der Waals surface area contributed by atoms with Crippen molar-refractivity contribution in [2.24, 2.45) is 5.73 Å². The van der Waals surface area contributed by atoms with E-state index in [0.29, 0.717) is 0 Å². The molecule has 23 heavy (non-hydrogen) atoms. The van der Waals surface area contributed by atoms with Crippen molar-refractivity contribution >= 4 is 0 Å². The van der Waals surface area contributed by atoms with Gasteiger partial charge in [-0.05, 0) is 29.8 Å². The molecule has 2 aromatic carbocycles. The number of phenols is 1. The summed E-state index contributed by atoms with van der Waals surface area (Å²) in [5.41, 5.74) is 6.00. The second-order valence-corrected chi connectivity index (χ2v) is 4.56. The fraction of sp³-hybridized carbons (Fsp3) is 0.133. The summed E-state index contributed by atoms with van der Waals surface area (Å²) in [6.45, 7) is 0. The van der Waals surface area contributed by atoms with Crippen LogP contribution >= 0.6 is 0 Å². The van der Waals surface area contributed by atoms with Crippen LogP contribution in [0.15, 0.2) is 36.4 Å². The van der Waals surface area contributed by atoms with E-state index in [-0.39, 0.29) is 16.7 Å². The maximum atomic E-state index is 13.5. The van der Waals surface area contributed by atoms with Crippen LogP contribution in [-0.2, 0) is 0 Å². The Bertz CT molecular complexity index is 752. The van der Waals surface area contributed by atoms with Crippen molar-refractivity contribution in [1.82, 2.24) is 0 Å². The van der Waals surface area contributed by atoms with Gasteiger partial charge < -0.3 is 15.6 Å². The number of halogens is 4. The fourth-order valence-electron chi connectivity index (χ4n) is 2.04. The van der Waals surface area contributed by atoms with E-state index in [9.17, 15) is 22.7 Å². The maximum absolute atomic E-state index is 13.5. The van der Waals surface area contributed by atoms with Crippen LogP contribution in [0, 0.1) is 17.1 Å². The van der Waals surface area contributed by atoms with Gasteiger partial charge in [0.1, 0.15) is 5.75 Å². The molecular weight excluding hydrogens is 316 g/mol. The Kier molecular flexibility index (Phi) is 4.43. The molecule has 0 saturated carbocycles. The first-order chi connectivity index (χ1) is 10.7. The lowest BCUT2D eigenvalue weighted by atomic mass is 9.94. The monoisotopic (exact) mass is 326 g/mol. The van der Waals surface area contributed by atoms with Crippen molar-refractivity contribution in [2.75, 3.05) is 0 Å². The van der Waals surface area contributed by atoms with Crippen molar-refractivity contribution in [3.8, 4) is 17.6 Å². The van der Waals surface area contributed by atoms with Gasteiger partial charge >= 0.3 is 6.36 Å². The topological polar surface area (TPSA) is 79.3 Å². The molecule has 0 heterocycles. The minimum Gasteiger partial charge on any atom is -0.505 e. The number of hydrogen-bond donors (Lipinski definition) is 2. The number of hydrogen-bond acceptors (Lipinski definition) is 4. The molecule has 0 aliphatic carbocycles. The molecule has 1 atom stereocenters. The van der Waals surface area contributed by atoms with Gasteiger partial charge in [0, 0.05) is 5.56 Å². The van der Waals surface area contributed by atoms with E-state index in [2.05, 4.69) is 4.74 Å². The molecule has 2 rings (SSSR count). The summed E-state index contributed by atoms with van der Waals surface area (Å²) < 4.78 is 53.5. The smallest absolute Gasteiger partial charge is 0.505 e. The number of nitrogens with zero attached hydrogens (tertiary/aromatic N) is 1. The molecule has 0 aliphatic rings. The highest BCUT2D eigenvalue weighted by Gasteiger charge is 2.31. The number of phenolic OH excluding ortho intramolecular Hbond substituents is 1. The minimum atomic E-state index is -4.82. The van der Waals surface area contributed by atoms with Gasteiger partial charge in [-0.25, -0.2) is 4.39 Å². The quantitative estimate of drug-likeness (QED) is 0.848. The Hall–Kier alpha value is -2.79. The third-order valence-electron chi connectivity index (χ3n) is 3.07. The van der Waals surface area contributed by atoms with Crippen LogP contribution in [0.25, 0.3) is 0 Å². The molecule has 0 spiro atoms. The first kappa shape index (κ1) is 16.6. The molecule has 0 bridgehead atoms. The summed E-state index contributed by atoms with van der Waals surface area (Å²) in [6.07, 6.45) is -4.82. The molecule has 2 aromatic rings. The highest BCUT2D eigenvalue weighted by Crippen LogP contribution is 2.33. The summed E-state index contributed by atoms with van der Waals surface area (Å²) in [6, 6.07) is 7.29. The Morgan fingerprint density at radius 2 is 1.74 bits per heavy atom. The minimum absolute atomic E-state index is 0.0352. The Morgan fingerprint density at radius 3 is 2.26 bits per heavy atom. The van der Waals surface area contributed by atoms with Crippen LogP contribution in [0.2, 0.25) is 0 Å². The van der Waals surface area contributed by atoms with Gasteiger partial charge in [-0.3, -0.25) is 0 Å². The standard InChI is InChI=1S/C15H10F4N2O2/c16-11-6-3-9(7-20)12(14(11)22)13(21)8-1-4-10(5-2-8)23-15(17,18)19/h1-6,13,22H,21H2/t13-/m1/s1. The summed E-state index contributed by atoms with van der Waals surface area (Å²) in [5, 5.41) is 18.8. The predicted octanol–water partition coefficient (Wildman–Crippen LogP) is 3.35. The van der Waals surface area contributed by atoms with Gasteiger partial charge in [-0.15, -0.1) is 13.2 Å². The molecule has 0 aromatic heterocycles. The van der Waals surface area contributed by atoms with E-state index in [1.165, 1.54) is 12.1 Å². The SMILES string of the molecule is N#Cc1ccc(F)c(O)c1[C@H](N)c1ccc(OC(F)(F)F)cc1. The summed E-state index contributed by atoms with van der Waals surface area (Å²) in [5.74, 6) is -2.17. The van der Waals surface area contributed by atoms with Gasteiger partial charge in [0.15, 0.2) is 11.6 Å². The highest BCUT2D eigenvalue weighted by molar-refractivity contribution is 5.51. The van der Waals surface area contributed by atoms with E-state index in [1.807, 2.05) is 0 Å². The van der Waals surface area contributed by atoms with Crippen LogP contribution in [0.5, 0.6) is 11.5 Å². The van der Waals surface area contributed by atoms with Gasteiger partial charge in [0.05, 0.1) is 17.7 Å². The first-order valence-corrected chi connectivity index (χ1v) is 6.25. The van der Waals surface area contributed by atoms with Crippen LogP contribution < -0.4 is 10.5 Å². The van der Waals surface area contributed by atoms with E-state index >= 15 is 0 Å². The van der Waals surface area contributed by atoms with Gasteiger partial charge in [-0.2, -0.15) is 5.26 Å². The molecule has 0 fully saturated rings. The molecular formula is C15H10F4N2O2. The van der Waals surface area contributed by atoms with Gasteiger partial charge in [0.2, 0.25) is 0 Å². The van der Waals surface area contributed by atoms with Crippen molar-refractivity contribution in [3.05, 3.63) is 58.9 Å². The predicted molar refractivity (Wildman–Crippen MR) is 71.9 cm³/mol. The Morgan fingerprint density at radius 1 is 1.13 bits per heavy atom. The molecule has 0 radical (unpaired) electrons. The number of nitrogens with two attached hydrogens (primary N) is 1. The lowest BCUT2D eigenvalue weighted by Gasteiger charge is -2.17. The first-order valence-electron chi connectivity index (χ1n) is 6.25. The molecule has 0 saturated heterocycles. The molecule has 0 amide bonds. The maximum Gasteiger partial charge on any atom is 0.573 e. The van der Waals surface area contributed by atoms with E-state index in [4.69, 9.17) is 11.0 Å². The third-order valence-corrected chi connectivity index (χ3v) is 3.07. The molecule has 0 unspecified atom stereocenters. The molecule has 4 nitrogen and oxygen atoms in total. The van der Waals surface area contributed by atoms with Crippen molar-refractivity contribution in [2.45, 2.75) is 12.4 Å². The van der Waals surface area contributed by atoms with Crippen LogP contribution in [0.4, 0.5) is 17.6 Å². The number of aromatic hydroxyl groups is 1. The van der Waals surface area contributed by atoms with E-state index in [1.54, 1.807) is 6.07 Å². The van der Waals surface area contributed by atoms with Gasteiger partial charge in [0.25, 0.3) is 0 Å². The largest absolute Gasteiger partial charge is 0.573 e. The van der Waals surface area contributed by atoms with Crippen LogP contribution in [0.3, 0.4) is 0 Å². The zero-order valence-electron chi connectivity index (χ0n) is 11.4.